The van der Waals surface area contributed by atoms with Crippen LogP contribution in [0.25, 0.3) is 0 Å². The number of nitrogens with one attached hydrogen (secondary N) is 2. The molecule has 0 aromatic carbocycles. The highest BCUT2D eigenvalue weighted by atomic mass is 32.2. The van der Waals surface area contributed by atoms with Crippen molar-refractivity contribution < 1.29 is 8.42 Å². The van der Waals surface area contributed by atoms with Gasteiger partial charge >= 0.3 is 0 Å². The Kier molecular flexibility index (Phi) is 4.20. The van der Waals surface area contributed by atoms with E-state index in [1.54, 1.807) is 6.07 Å². The van der Waals surface area contributed by atoms with E-state index in [0.29, 0.717) is 18.8 Å². The maximum absolute atomic E-state index is 11.9. The van der Waals surface area contributed by atoms with Crippen LogP contribution < -0.4 is 10.5 Å². The lowest BCUT2D eigenvalue weighted by Gasteiger charge is -2.05. The Morgan fingerprint density at radius 3 is 2.74 bits per heavy atom. The van der Waals surface area contributed by atoms with Crippen LogP contribution in [0.4, 0.5) is 0 Å². The summed E-state index contributed by atoms with van der Waals surface area (Å²) >= 11 is 0. The van der Waals surface area contributed by atoms with Crippen molar-refractivity contribution in [2.75, 3.05) is 6.54 Å². The molecule has 19 heavy (non-hydrogen) atoms. The maximum atomic E-state index is 11.9. The molecule has 0 aliphatic carbocycles. The predicted molar refractivity (Wildman–Crippen MR) is 67.4 cm³/mol. The Morgan fingerprint density at radius 2 is 2.16 bits per heavy atom. The summed E-state index contributed by atoms with van der Waals surface area (Å²) in [6.45, 7) is 0.546. The first kappa shape index (κ1) is 13.6. The molecule has 0 unspecified atom stereocenters. The Morgan fingerprint density at radius 1 is 1.32 bits per heavy atom. The lowest BCUT2D eigenvalue weighted by Crippen LogP contribution is -2.27. The number of pyridine rings is 1. The molecule has 0 radical (unpaired) electrons. The molecule has 4 N–H and O–H groups in total. The molecule has 2 heterocycles. The van der Waals surface area contributed by atoms with Crippen LogP contribution in [0.2, 0.25) is 0 Å². The third kappa shape index (κ3) is 3.56. The molecule has 2 aromatic heterocycles. The quantitative estimate of drug-likeness (QED) is 0.635. The highest BCUT2D eigenvalue weighted by Gasteiger charge is 2.14. The Hall–Kier alpha value is -1.84. The fourth-order valence-corrected chi connectivity index (χ4v) is 2.38. The highest BCUT2D eigenvalue weighted by molar-refractivity contribution is 7.89. The third-order valence-electron chi connectivity index (χ3n) is 2.43. The average molecular weight is 282 g/mol. The van der Waals surface area contributed by atoms with Crippen LogP contribution in [0, 0.1) is 0 Å². The summed E-state index contributed by atoms with van der Waals surface area (Å²) in [6.07, 6.45) is 3.25. The van der Waals surface area contributed by atoms with Gasteiger partial charge in [-0.2, -0.15) is 5.10 Å². The Labute approximate surface area is 110 Å². The summed E-state index contributed by atoms with van der Waals surface area (Å²) in [6, 6.07) is 3.07. The molecule has 0 atom stereocenters. The number of rotatable bonds is 6. The number of nitrogens with zero attached hydrogens (tertiary/aromatic N) is 3. The van der Waals surface area contributed by atoms with E-state index in [1.165, 1.54) is 18.6 Å². The lowest BCUT2D eigenvalue weighted by atomic mass is 10.3. The lowest BCUT2D eigenvalue weighted by molar-refractivity contribution is 0.577. The molecule has 0 saturated heterocycles. The molecule has 0 spiro atoms. The van der Waals surface area contributed by atoms with Crippen molar-refractivity contribution in [2.45, 2.75) is 18.0 Å². The first-order valence-corrected chi connectivity index (χ1v) is 7.09. The summed E-state index contributed by atoms with van der Waals surface area (Å²) in [4.78, 5) is 7.77. The van der Waals surface area contributed by atoms with Gasteiger partial charge in [-0.15, -0.1) is 0 Å². The van der Waals surface area contributed by atoms with E-state index < -0.39 is 10.0 Å². The van der Waals surface area contributed by atoms with Crippen LogP contribution in [0.5, 0.6) is 0 Å². The van der Waals surface area contributed by atoms with Gasteiger partial charge in [-0.25, -0.2) is 23.1 Å². The van der Waals surface area contributed by atoms with E-state index in [4.69, 9.17) is 5.73 Å². The molecular formula is C10H14N6O2S. The number of hydrogen-bond donors (Lipinski definition) is 3. The SMILES string of the molecule is NCc1ccc(S(=O)(=O)NCCc2ncn[nH]2)nc1. The maximum Gasteiger partial charge on any atom is 0.258 e. The predicted octanol–water partition coefficient (Wildman–Crippen LogP) is -0.821. The van der Waals surface area contributed by atoms with E-state index in [0.717, 1.165) is 5.56 Å². The van der Waals surface area contributed by atoms with E-state index in [9.17, 15) is 8.42 Å². The summed E-state index contributed by atoms with van der Waals surface area (Å²) in [5.41, 5.74) is 6.20. The molecule has 0 fully saturated rings. The van der Waals surface area contributed by atoms with Crippen molar-refractivity contribution in [1.82, 2.24) is 24.9 Å². The van der Waals surface area contributed by atoms with Crippen LogP contribution in [-0.2, 0) is 23.0 Å². The monoisotopic (exact) mass is 282 g/mol. The molecule has 9 heteroatoms. The minimum absolute atomic E-state index is 0.0257. The van der Waals surface area contributed by atoms with Gasteiger partial charge in [0.2, 0.25) is 0 Å². The van der Waals surface area contributed by atoms with Gasteiger partial charge in [-0.3, -0.25) is 5.10 Å². The van der Waals surface area contributed by atoms with Crippen LogP contribution in [0.15, 0.2) is 29.7 Å². The zero-order valence-corrected chi connectivity index (χ0v) is 10.9. The standard InChI is InChI=1S/C10H14N6O2S/c11-5-8-1-2-10(12-6-8)19(17,18)15-4-3-9-13-7-14-16-9/h1-2,6-7,15H,3-5,11H2,(H,13,14,16). The van der Waals surface area contributed by atoms with Crippen molar-refractivity contribution in [2.24, 2.45) is 5.73 Å². The van der Waals surface area contributed by atoms with Crippen molar-refractivity contribution in [3.63, 3.8) is 0 Å². The number of H-pyrrole nitrogens is 1. The zero-order valence-electron chi connectivity index (χ0n) is 10.1. The van der Waals surface area contributed by atoms with Crippen molar-refractivity contribution in [1.29, 1.82) is 0 Å². The fourth-order valence-electron chi connectivity index (χ4n) is 1.42. The van der Waals surface area contributed by atoms with E-state index >= 15 is 0 Å². The van der Waals surface area contributed by atoms with Crippen LogP contribution in [-0.4, -0.2) is 35.1 Å². The number of aromatic nitrogens is 4. The minimum atomic E-state index is -3.60. The third-order valence-corrected chi connectivity index (χ3v) is 3.80. The van der Waals surface area contributed by atoms with E-state index in [2.05, 4.69) is 24.9 Å². The molecule has 102 valence electrons. The van der Waals surface area contributed by atoms with Gasteiger partial charge in [-0.05, 0) is 11.6 Å². The Bertz CT molecular complexity index is 608. The van der Waals surface area contributed by atoms with E-state index in [-0.39, 0.29) is 11.6 Å². The summed E-state index contributed by atoms with van der Waals surface area (Å²) in [7, 11) is -3.60. The largest absolute Gasteiger partial charge is 0.326 e. The van der Waals surface area contributed by atoms with Crippen LogP contribution in [0.1, 0.15) is 11.4 Å². The molecule has 0 saturated carbocycles. The van der Waals surface area contributed by atoms with Gasteiger partial charge in [0, 0.05) is 25.7 Å². The molecule has 0 bridgehead atoms. The van der Waals surface area contributed by atoms with Crippen molar-refractivity contribution in [3.05, 3.63) is 36.0 Å². The molecule has 0 amide bonds. The fraction of sp³-hybridized carbons (Fsp3) is 0.300. The normalized spacial score (nSPS) is 11.6. The second-order valence-corrected chi connectivity index (χ2v) is 5.50. The van der Waals surface area contributed by atoms with Gasteiger partial charge in [0.25, 0.3) is 10.0 Å². The number of hydrogen-bond acceptors (Lipinski definition) is 6. The van der Waals surface area contributed by atoms with E-state index in [1.807, 2.05) is 0 Å². The summed E-state index contributed by atoms with van der Waals surface area (Å²) < 4.78 is 26.3. The number of sulfonamides is 1. The molecule has 2 rings (SSSR count). The Balaban J connectivity index is 1.97. The average Bonchev–Trinajstić information content (AvgIpc) is 2.92. The van der Waals surface area contributed by atoms with Crippen molar-refractivity contribution >= 4 is 10.0 Å². The minimum Gasteiger partial charge on any atom is -0.326 e. The highest BCUT2D eigenvalue weighted by Crippen LogP contribution is 2.06. The molecular weight excluding hydrogens is 268 g/mol. The zero-order chi connectivity index (χ0) is 13.7. The van der Waals surface area contributed by atoms with Crippen LogP contribution >= 0.6 is 0 Å². The van der Waals surface area contributed by atoms with Gasteiger partial charge < -0.3 is 5.73 Å². The van der Waals surface area contributed by atoms with Gasteiger partial charge in [0.1, 0.15) is 12.2 Å². The van der Waals surface area contributed by atoms with Gasteiger partial charge in [0.15, 0.2) is 5.03 Å². The first-order chi connectivity index (χ1) is 9.12. The first-order valence-electron chi connectivity index (χ1n) is 5.61. The smallest absolute Gasteiger partial charge is 0.258 e. The summed E-state index contributed by atoms with van der Waals surface area (Å²) in [5, 5.41) is 6.30. The van der Waals surface area contributed by atoms with Gasteiger partial charge in [0.05, 0.1) is 0 Å². The van der Waals surface area contributed by atoms with Crippen LogP contribution in [0.3, 0.4) is 0 Å². The number of nitrogens with two attached hydrogens (primary N) is 1. The second-order valence-electron chi connectivity index (χ2n) is 3.79. The molecule has 8 nitrogen and oxygen atoms in total. The summed E-state index contributed by atoms with van der Waals surface area (Å²) in [5.74, 6) is 0.620. The van der Waals surface area contributed by atoms with Gasteiger partial charge in [-0.1, -0.05) is 6.07 Å². The number of aromatic amines is 1. The topological polar surface area (TPSA) is 127 Å². The second kappa shape index (κ2) is 5.87. The van der Waals surface area contributed by atoms with Crippen molar-refractivity contribution in [3.8, 4) is 0 Å². The molecule has 0 aliphatic rings. The molecule has 2 aromatic rings. The molecule has 0 aliphatic heterocycles.